The highest BCUT2D eigenvalue weighted by atomic mass is 19.1. The summed E-state index contributed by atoms with van der Waals surface area (Å²) in [6, 6.07) is 3.37. The van der Waals surface area contributed by atoms with Gasteiger partial charge in [0.05, 0.1) is 13.5 Å². The SMILES string of the molecule is COC(=O)Cc1ccc(NC(=O)NCCCC(=O)O)cc1F. The molecule has 22 heavy (non-hydrogen) atoms. The van der Waals surface area contributed by atoms with Gasteiger partial charge in [-0.05, 0) is 24.1 Å². The van der Waals surface area contributed by atoms with Crippen molar-refractivity contribution >= 4 is 23.7 Å². The van der Waals surface area contributed by atoms with Gasteiger partial charge in [-0.1, -0.05) is 6.07 Å². The van der Waals surface area contributed by atoms with Crippen molar-refractivity contribution in [3.8, 4) is 0 Å². The molecule has 0 spiro atoms. The van der Waals surface area contributed by atoms with Crippen molar-refractivity contribution in [1.29, 1.82) is 0 Å². The van der Waals surface area contributed by atoms with E-state index in [1.54, 1.807) is 0 Å². The Bertz CT molecular complexity index is 562. The Labute approximate surface area is 126 Å². The van der Waals surface area contributed by atoms with E-state index in [0.717, 1.165) is 6.07 Å². The molecule has 7 nitrogen and oxygen atoms in total. The molecule has 120 valence electrons. The van der Waals surface area contributed by atoms with Crippen LogP contribution in [-0.2, 0) is 20.7 Å². The fourth-order valence-electron chi connectivity index (χ4n) is 1.61. The number of aliphatic carboxylic acids is 1. The van der Waals surface area contributed by atoms with Crippen molar-refractivity contribution in [3.05, 3.63) is 29.6 Å². The Kier molecular flexibility index (Phi) is 6.81. The molecule has 0 aliphatic carbocycles. The summed E-state index contributed by atoms with van der Waals surface area (Å²) in [5.41, 5.74) is 0.390. The van der Waals surface area contributed by atoms with Crippen molar-refractivity contribution in [2.45, 2.75) is 19.3 Å². The zero-order chi connectivity index (χ0) is 16.5. The third-order valence-corrected chi connectivity index (χ3v) is 2.73. The van der Waals surface area contributed by atoms with Gasteiger partial charge in [0.15, 0.2) is 0 Å². The summed E-state index contributed by atoms with van der Waals surface area (Å²) in [7, 11) is 1.21. The number of amides is 2. The van der Waals surface area contributed by atoms with Crippen molar-refractivity contribution in [1.82, 2.24) is 5.32 Å². The smallest absolute Gasteiger partial charge is 0.319 e. The van der Waals surface area contributed by atoms with E-state index < -0.39 is 23.8 Å². The molecule has 0 radical (unpaired) electrons. The average Bonchev–Trinajstić information content (AvgIpc) is 2.46. The number of esters is 1. The number of methoxy groups -OCH3 is 1. The summed E-state index contributed by atoms with van der Waals surface area (Å²) in [4.78, 5) is 32.9. The van der Waals surface area contributed by atoms with E-state index in [2.05, 4.69) is 15.4 Å². The van der Waals surface area contributed by atoms with Crippen LogP contribution in [-0.4, -0.2) is 36.7 Å². The second-order valence-electron chi connectivity index (χ2n) is 4.44. The molecule has 0 atom stereocenters. The number of rotatable bonds is 7. The molecule has 0 bridgehead atoms. The van der Waals surface area contributed by atoms with E-state index in [-0.39, 0.29) is 30.6 Å². The van der Waals surface area contributed by atoms with Crippen molar-refractivity contribution in [2.24, 2.45) is 0 Å². The predicted octanol–water partition coefficient (Wildman–Crippen LogP) is 1.53. The standard InChI is InChI=1S/C14H17FN2O5/c1-22-13(20)7-9-4-5-10(8-11(9)15)17-14(21)16-6-2-3-12(18)19/h4-5,8H,2-3,6-7H2,1H3,(H,18,19)(H2,16,17,21). The van der Waals surface area contributed by atoms with Gasteiger partial charge in [0.1, 0.15) is 5.82 Å². The van der Waals surface area contributed by atoms with Gasteiger partial charge in [-0.15, -0.1) is 0 Å². The molecular formula is C14H17FN2O5. The summed E-state index contributed by atoms with van der Waals surface area (Å²) in [6.07, 6.45) is 0.0658. The van der Waals surface area contributed by atoms with Crippen LogP contribution in [0.4, 0.5) is 14.9 Å². The highest BCUT2D eigenvalue weighted by Crippen LogP contribution is 2.15. The third-order valence-electron chi connectivity index (χ3n) is 2.73. The zero-order valence-electron chi connectivity index (χ0n) is 12.0. The van der Waals surface area contributed by atoms with Crippen LogP contribution in [0.2, 0.25) is 0 Å². The highest BCUT2D eigenvalue weighted by Gasteiger charge is 2.10. The van der Waals surface area contributed by atoms with Crippen LogP contribution in [0.25, 0.3) is 0 Å². The van der Waals surface area contributed by atoms with Crippen LogP contribution >= 0.6 is 0 Å². The van der Waals surface area contributed by atoms with Gasteiger partial charge in [0.25, 0.3) is 0 Å². The first kappa shape index (κ1) is 17.4. The van der Waals surface area contributed by atoms with Gasteiger partial charge in [0.2, 0.25) is 0 Å². The molecule has 0 aliphatic heterocycles. The topological polar surface area (TPSA) is 105 Å². The maximum absolute atomic E-state index is 13.7. The summed E-state index contributed by atoms with van der Waals surface area (Å²) in [6.45, 7) is 0.195. The van der Waals surface area contributed by atoms with E-state index >= 15 is 0 Å². The van der Waals surface area contributed by atoms with Gasteiger partial charge in [0, 0.05) is 18.7 Å². The molecule has 0 unspecified atom stereocenters. The molecule has 0 saturated heterocycles. The van der Waals surface area contributed by atoms with Gasteiger partial charge >= 0.3 is 18.0 Å². The number of hydrogen-bond acceptors (Lipinski definition) is 4. The minimum Gasteiger partial charge on any atom is -0.481 e. The normalized spacial score (nSPS) is 9.91. The molecule has 1 aromatic rings. The molecule has 1 rings (SSSR count). The number of carbonyl (C=O) groups is 3. The fraction of sp³-hybridized carbons (Fsp3) is 0.357. The average molecular weight is 312 g/mol. The number of ether oxygens (including phenoxy) is 1. The number of urea groups is 1. The number of carboxylic acid groups (broad SMARTS) is 1. The summed E-state index contributed by atoms with van der Waals surface area (Å²) >= 11 is 0. The molecule has 0 heterocycles. The van der Waals surface area contributed by atoms with Crippen molar-refractivity contribution in [3.63, 3.8) is 0 Å². The summed E-state index contributed by atoms with van der Waals surface area (Å²) < 4.78 is 18.2. The molecule has 8 heteroatoms. The van der Waals surface area contributed by atoms with Crippen LogP contribution < -0.4 is 10.6 Å². The third kappa shape index (κ3) is 6.21. The molecule has 0 aliphatic rings. The van der Waals surface area contributed by atoms with Crippen LogP contribution in [0.5, 0.6) is 0 Å². The molecular weight excluding hydrogens is 295 g/mol. The Hall–Kier alpha value is -2.64. The molecule has 0 aromatic heterocycles. The van der Waals surface area contributed by atoms with E-state index in [4.69, 9.17) is 5.11 Å². The Morgan fingerprint density at radius 3 is 2.64 bits per heavy atom. The lowest BCUT2D eigenvalue weighted by molar-refractivity contribution is -0.140. The molecule has 2 amide bonds. The summed E-state index contributed by atoms with van der Waals surface area (Å²) in [5.74, 6) is -2.13. The van der Waals surface area contributed by atoms with Gasteiger partial charge < -0.3 is 20.5 Å². The second kappa shape index (κ2) is 8.60. The number of benzene rings is 1. The monoisotopic (exact) mass is 312 g/mol. The van der Waals surface area contributed by atoms with Crippen molar-refractivity contribution < 1.29 is 28.6 Å². The maximum atomic E-state index is 13.7. The minimum absolute atomic E-state index is 0.0445. The number of hydrogen-bond donors (Lipinski definition) is 3. The Balaban J connectivity index is 2.49. The first-order chi connectivity index (χ1) is 10.4. The lowest BCUT2D eigenvalue weighted by Gasteiger charge is -2.09. The van der Waals surface area contributed by atoms with Gasteiger partial charge in [-0.25, -0.2) is 9.18 Å². The molecule has 0 fully saturated rings. The van der Waals surface area contributed by atoms with E-state index in [0.29, 0.717) is 6.42 Å². The lowest BCUT2D eigenvalue weighted by Crippen LogP contribution is -2.29. The first-order valence-electron chi connectivity index (χ1n) is 6.54. The minimum atomic E-state index is -0.939. The molecule has 0 saturated carbocycles. The molecule has 3 N–H and O–H groups in total. The van der Waals surface area contributed by atoms with E-state index in [1.165, 1.54) is 19.2 Å². The van der Waals surface area contributed by atoms with Crippen molar-refractivity contribution in [2.75, 3.05) is 19.0 Å². The maximum Gasteiger partial charge on any atom is 0.319 e. The number of anilines is 1. The fourth-order valence-corrected chi connectivity index (χ4v) is 1.61. The van der Waals surface area contributed by atoms with Crippen LogP contribution in [0, 0.1) is 5.82 Å². The number of nitrogens with one attached hydrogen (secondary N) is 2. The molecule has 1 aromatic carbocycles. The highest BCUT2D eigenvalue weighted by molar-refractivity contribution is 5.89. The van der Waals surface area contributed by atoms with E-state index in [1.807, 2.05) is 0 Å². The second-order valence-corrected chi connectivity index (χ2v) is 4.44. The lowest BCUT2D eigenvalue weighted by atomic mass is 10.1. The number of carboxylic acids is 1. The first-order valence-corrected chi connectivity index (χ1v) is 6.54. The van der Waals surface area contributed by atoms with Crippen LogP contribution in [0.3, 0.4) is 0 Å². The van der Waals surface area contributed by atoms with Gasteiger partial charge in [-0.2, -0.15) is 0 Å². The van der Waals surface area contributed by atoms with Crippen LogP contribution in [0.15, 0.2) is 18.2 Å². The summed E-state index contributed by atoms with van der Waals surface area (Å²) in [5, 5.41) is 13.3. The predicted molar refractivity (Wildman–Crippen MR) is 76.0 cm³/mol. The number of carbonyl (C=O) groups excluding carboxylic acids is 2. The zero-order valence-corrected chi connectivity index (χ0v) is 12.0. The quantitative estimate of drug-likeness (QED) is 0.523. The van der Waals surface area contributed by atoms with Crippen LogP contribution in [0.1, 0.15) is 18.4 Å². The van der Waals surface area contributed by atoms with E-state index in [9.17, 15) is 18.8 Å². The Morgan fingerprint density at radius 1 is 1.32 bits per heavy atom. The number of halogens is 1. The Morgan fingerprint density at radius 2 is 2.05 bits per heavy atom. The largest absolute Gasteiger partial charge is 0.481 e. The van der Waals surface area contributed by atoms with Gasteiger partial charge in [-0.3, -0.25) is 9.59 Å².